The standard InChI is InChI=1S/C16H16N8O4/c1-9-10(2)13(24(26)27)5-4-12(9)14-6-3-11(28-14)7-18-19-15(25)8-23-16(17)20-21-22-23/h3-7H,8H2,1-2H3,(H,19,25)(H2,17,20,22). The van der Waals surface area contributed by atoms with Crippen molar-refractivity contribution >= 4 is 23.8 Å². The SMILES string of the molecule is Cc1c(-c2ccc(C=NNC(=O)Cn3nnnc3N)o2)ccc([N+](=O)[O-])c1C. The van der Waals surface area contributed by atoms with Crippen LogP contribution in [0.5, 0.6) is 0 Å². The summed E-state index contributed by atoms with van der Waals surface area (Å²) in [4.78, 5) is 22.4. The Labute approximate surface area is 158 Å². The van der Waals surface area contributed by atoms with Gasteiger partial charge in [0, 0.05) is 17.2 Å². The summed E-state index contributed by atoms with van der Waals surface area (Å²) < 4.78 is 6.81. The fourth-order valence-corrected chi connectivity index (χ4v) is 2.50. The summed E-state index contributed by atoms with van der Waals surface area (Å²) in [5, 5.41) is 25.2. The summed E-state index contributed by atoms with van der Waals surface area (Å²) in [6.45, 7) is 3.30. The van der Waals surface area contributed by atoms with Crippen molar-refractivity contribution in [2.75, 3.05) is 5.73 Å². The Hall–Kier alpha value is -4.09. The zero-order valence-corrected chi connectivity index (χ0v) is 15.0. The third-order valence-corrected chi connectivity index (χ3v) is 4.08. The number of rotatable bonds is 6. The number of nitro groups is 1. The third kappa shape index (κ3) is 3.85. The van der Waals surface area contributed by atoms with E-state index < -0.39 is 10.8 Å². The van der Waals surface area contributed by atoms with Crippen LogP contribution in [0.15, 0.2) is 33.8 Å². The normalized spacial score (nSPS) is 11.1. The van der Waals surface area contributed by atoms with Gasteiger partial charge in [-0.1, -0.05) is 5.10 Å². The molecule has 12 nitrogen and oxygen atoms in total. The summed E-state index contributed by atoms with van der Waals surface area (Å²) in [5.74, 6) is 0.477. The molecule has 12 heteroatoms. The highest BCUT2D eigenvalue weighted by molar-refractivity contribution is 5.81. The number of hydrogen-bond acceptors (Lipinski definition) is 9. The number of anilines is 1. The number of nitrogens with one attached hydrogen (secondary N) is 1. The third-order valence-electron chi connectivity index (χ3n) is 4.08. The Kier molecular flexibility index (Phi) is 5.11. The topological polar surface area (TPSA) is 167 Å². The average molecular weight is 384 g/mol. The van der Waals surface area contributed by atoms with E-state index in [1.807, 2.05) is 0 Å². The number of hydrazone groups is 1. The molecule has 0 bridgehead atoms. The van der Waals surface area contributed by atoms with Crippen LogP contribution in [0.1, 0.15) is 16.9 Å². The number of nitrogens with two attached hydrogens (primary N) is 1. The number of aromatic nitrogens is 4. The summed E-state index contributed by atoms with van der Waals surface area (Å²) in [5.41, 5.74) is 9.90. The summed E-state index contributed by atoms with van der Waals surface area (Å²) in [7, 11) is 0. The van der Waals surface area contributed by atoms with E-state index in [0.29, 0.717) is 17.1 Å². The van der Waals surface area contributed by atoms with E-state index in [9.17, 15) is 14.9 Å². The van der Waals surface area contributed by atoms with Crippen molar-refractivity contribution in [3.05, 3.63) is 51.3 Å². The zero-order chi connectivity index (χ0) is 20.3. The van der Waals surface area contributed by atoms with Crippen LogP contribution in [0.25, 0.3) is 11.3 Å². The Balaban J connectivity index is 1.68. The molecule has 0 unspecified atom stereocenters. The molecule has 0 atom stereocenters. The molecule has 3 aromatic rings. The van der Waals surface area contributed by atoms with Gasteiger partial charge in [0.25, 0.3) is 11.6 Å². The number of carbonyl (C=O) groups is 1. The van der Waals surface area contributed by atoms with E-state index >= 15 is 0 Å². The number of benzene rings is 1. The predicted octanol–water partition coefficient (Wildman–Crippen LogP) is 1.19. The molecule has 0 saturated heterocycles. The van der Waals surface area contributed by atoms with Crippen molar-refractivity contribution in [1.29, 1.82) is 0 Å². The number of hydrogen-bond donors (Lipinski definition) is 2. The molecular formula is C16H16N8O4. The molecule has 3 rings (SSSR count). The molecule has 0 fully saturated rings. The maximum atomic E-state index is 11.8. The van der Waals surface area contributed by atoms with Crippen molar-refractivity contribution in [2.24, 2.45) is 5.10 Å². The Morgan fingerprint density at radius 3 is 2.82 bits per heavy atom. The largest absolute Gasteiger partial charge is 0.455 e. The first-order chi connectivity index (χ1) is 13.4. The molecule has 0 aliphatic carbocycles. The van der Waals surface area contributed by atoms with E-state index in [4.69, 9.17) is 10.2 Å². The van der Waals surface area contributed by atoms with Gasteiger partial charge in [-0.25, -0.2) is 10.1 Å². The molecule has 0 saturated carbocycles. The molecule has 0 radical (unpaired) electrons. The predicted molar refractivity (Wildman–Crippen MR) is 98.2 cm³/mol. The quantitative estimate of drug-likeness (QED) is 0.363. The van der Waals surface area contributed by atoms with Gasteiger partial charge in [-0.2, -0.15) is 5.10 Å². The van der Waals surface area contributed by atoms with Crippen LogP contribution in [0.3, 0.4) is 0 Å². The number of nitrogens with zero attached hydrogens (tertiary/aromatic N) is 6. The van der Waals surface area contributed by atoms with Gasteiger partial charge in [0.1, 0.15) is 18.1 Å². The van der Waals surface area contributed by atoms with Crippen molar-refractivity contribution in [1.82, 2.24) is 25.6 Å². The molecule has 2 heterocycles. The van der Waals surface area contributed by atoms with E-state index in [1.165, 1.54) is 12.3 Å². The molecule has 144 valence electrons. The molecule has 0 aliphatic heterocycles. The van der Waals surface area contributed by atoms with Gasteiger partial charge in [0.15, 0.2) is 0 Å². The number of furan rings is 1. The Bertz CT molecular complexity index is 1070. The highest BCUT2D eigenvalue weighted by Gasteiger charge is 2.17. The zero-order valence-electron chi connectivity index (χ0n) is 15.0. The first kappa shape index (κ1) is 18.7. The first-order valence-electron chi connectivity index (χ1n) is 8.05. The highest BCUT2D eigenvalue weighted by Crippen LogP contribution is 2.31. The average Bonchev–Trinajstić information content (AvgIpc) is 3.26. The smallest absolute Gasteiger partial charge is 0.272 e. The van der Waals surface area contributed by atoms with Gasteiger partial charge in [-0.15, -0.1) is 0 Å². The molecule has 3 N–H and O–H groups in total. The lowest BCUT2D eigenvalue weighted by molar-refractivity contribution is -0.385. The van der Waals surface area contributed by atoms with Gasteiger partial charge in [0.2, 0.25) is 5.95 Å². The van der Waals surface area contributed by atoms with E-state index in [0.717, 1.165) is 15.8 Å². The van der Waals surface area contributed by atoms with Gasteiger partial charge < -0.3 is 10.2 Å². The van der Waals surface area contributed by atoms with Gasteiger partial charge in [-0.05, 0) is 48.0 Å². The number of tetrazole rings is 1. The van der Waals surface area contributed by atoms with Crippen molar-refractivity contribution < 1.29 is 14.1 Å². The molecule has 28 heavy (non-hydrogen) atoms. The van der Waals surface area contributed by atoms with Crippen molar-refractivity contribution in [2.45, 2.75) is 20.4 Å². The summed E-state index contributed by atoms with van der Waals surface area (Å²) in [6.07, 6.45) is 1.33. The lowest BCUT2D eigenvalue weighted by Gasteiger charge is -2.06. The van der Waals surface area contributed by atoms with Crippen LogP contribution in [-0.2, 0) is 11.3 Å². The van der Waals surface area contributed by atoms with E-state index in [2.05, 4.69) is 26.1 Å². The molecule has 0 aliphatic rings. The number of carbonyl (C=O) groups excluding carboxylic acids is 1. The van der Waals surface area contributed by atoms with Crippen LogP contribution in [0.2, 0.25) is 0 Å². The minimum atomic E-state index is -0.469. The lowest BCUT2D eigenvalue weighted by Crippen LogP contribution is -2.24. The Morgan fingerprint density at radius 1 is 1.36 bits per heavy atom. The minimum Gasteiger partial charge on any atom is -0.455 e. The first-order valence-corrected chi connectivity index (χ1v) is 8.05. The van der Waals surface area contributed by atoms with Gasteiger partial charge in [0.05, 0.1) is 11.1 Å². The number of nitrogen functional groups attached to an aromatic ring is 1. The Morgan fingerprint density at radius 2 is 2.14 bits per heavy atom. The molecule has 1 amide bonds. The summed E-state index contributed by atoms with van der Waals surface area (Å²) in [6, 6.07) is 6.47. The second-order valence-electron chi connectivity index (χ2n) is 5.83. The second kappa shape index (κ2) is 7.65. The number of nitro benzene ring substituents is 1. The molecule has 0 spiro atoms. The van der Waals surface area contributed by atoms with E-state index in [-0.39, 0.29) is 18.2 Å². The fraction of sp³-hybridized carbons (Fsp3) is 0.188. The number of amides is 1. The molecule has 2 aromatic heterocycles. The van der Waals surface area contributed by atoms with E-state index in [1.54, 1.807) is 32.0 Å². The monoisotopic (exact) mass is 384 g/mol. The van der Waals surface area contributed by atoms with Crippen LogP contribution < -0.4 is 11.2 Å². The van der Waals surface area contributed by atoms with Gasteiger partial charge >= 0.3 is 0 Å². The molecule has 1 aromatic carbocycles. The molecular weight excluding hydrogens is 368 g/mol. The van der Waals surface area contributed by atoms with Crippen molar-refractivity contribution in [3.63, 3.8) is 0 Å². The minimum absolute atomic E-state index is 0.0172. The van der Waals surface area contributed by atoms with Gasteiger partial charge in [-0.3, -0.25) is 14.9 Å². The second-order valence-corrected chi connectivity index (χ2v) is 5.83. The van der Waals surface area contributed by atoms with Crippen LogP contribution in [-0.4, -0.2) is 37.3 Å². The van der Waals surface area contributed by atoms with Crippen LogP contribution in [0, 0.1) is 24.0 Å². The maximum absolute atomic E-state index is 11.8. The lowest BCUT2D eigenvalue weighted by atomic mass is 10.00. The highest BCUT2D eigenvalue weighted by atomic mass is 16.6. The summed E-state index contributed by atoms with van der Waals surface area (Å²) >= 11 is 0. The van der Waals surface area contributed by atoms with Crippen LogP contribution >= 0.6 is 0 Å². The fourth-order valence-electron chi connectivity index (χ4n) is 2.50. The van der Waals surface area contributed by atoms with Crippen molar-refractivity contribution in [3.8, 4) is 11.3 Å². The maximum Gasteiger partial charge on any atom is 0.272 e. The van der Waals surface area contributed by atoms with Crippen LogP contribution in [0.4, 0.5) is 11.6 Å².